The Morgan fingerprint density at radius 1 is 0.818 bits per heavy atom. The van der Waals surface area contributed by atoms with Gasteiger partial charge in [-0.2, -0.15) is 0 Å². The second-order valence-electron chi connectivity index (χ2n) is 6.49. The topological polar surface area (TPSA) is 0 Å². The Morgan fingerprint density at radius 3 is 1.64 bits per heavy atom. The summed E-state index contributed by atoms with van der Waals surface area (Å²) in [7, 11) is 0. The number of rotatable bonds is 12. The summed E-state index contributed by atoms with van der Waals surface area (Å²) in [5.74, 6) is 0. The zero-order chi connectivity index (χ0) is 16.3. The van der Waals surface area contributed by atoms with Gasteiger partial charge in [0.25, 0.3) is 0 Å². The van der Waals surface area contributed by atoms with Crippen LogP contribution in [0.4, 0.5) is 0 Å². The molecule has 0 N–H and O–H groups in total. The van der Waals surface area contributed by atoms with E-state index in [2.05, 4.69) is 51.6 Å². The molecule has 0 atom stereocenters. The van der Waals surface area contributed by atoms with E-state index >= 15 is 0 Å². The third-order valence-corrected chi connectivity index (χ3v) is 21.6. The third kappa shape index (κ3) is 6.96. The van der Waals surface area contributed by atoms with E-state index in [1.807, 2.05) is 6.08 Å². The van der Waals surface area contributed by atoms with Crippen LogP contribution in [0.2, 0.25) is 12.2 Å². The van der Waals surface area contributed by atoms with Gasteiger partial charge in [0.15, 0.2) is 0 Å². The molecule has 0 unspecified atom stereocenters. The summed E-state index contributed by atoms with van der Waals surface area (Å²) in [5, 5.41) is 0. The van der Waals surface area contributed by atoms with Crippen molar-refractivity contribution in [2.24, 2.45) is 0 Å². The van der Waals surface area contributed by atoms with Crippen LogP contribution in [-0.2, 0) is 4.08 Å². The summed E-state index contributed by atoms with van der Waals surface area (Å²) >= 11 is -1.99. The summed E-state index contributed by atoms with van der Waals surface area (Å²) < 4.78 is 6.27. The van der Waals surface area contributed by atoms with Gasteiger partial charge in [0.05, 0.1) is 0 Å². The van der Waals surface area contributed by atoms with Crippen molar-refractivity contribution in [3.8, 4) is 0 Å². The van der Waals surface area contributed by atoms with Crippen molar-refractivity contribution in [2.45, 2.75) is 75.6 Å². The van der Waals surface area contributed by atoms with Gasteiger partial charge in [-0.25, -0.2) is 0 Å². The van der Waals surface area contributed by atoms with Crippen LogP contribution in [0.5, 0.6) is 0 Å². The summed E-state index contributed by atoms with van der Waals surface area (Å²) in [6, 6.07) is 9.23. The van der Waals surface area contributed by atoms with Crippen LogP contribution in [0.3, 0.4) is 0 Å². The van der Waals surface area contributed by atoms with Gasteiger partial charge < -0.3 is 0 Å². The van der Waals surface area contributed by atoms with E-state index in [0.717, 1.165) is 0 Å². The van der Waals surface area contributed by atoms with Gasteiger partial charge in [0.1, 0.15) is 0 Å². The Kier molecular flexibility index (Phi) is 10.3. The van der Waals surface area contributed by atoms with Crippen molar-refractivity contribution in [1.82, 2.24) is 0 Å². The monoisotopic (exact) mass is 497 g/mol. The van der Waals surface area contributed by atoms with E-state index in [-0.39, 0.29) is 0 Å². The Bertz CT molecular complexity index is 383. The first kappa shape index (κ1) is 19.9. The SMILES string of the molecule is C=Cc1ccc([CH2][Po]([CH2]CCC)([CH2]CCC)[CH2]CCC)cc1. The quantitative estimate of drug-likeness (QED) is 0.285. The Labute approximate surface area is 143 Å². The summed E-state index contributed by atoms with van der Waals surface area (Å²) in [6.07, 6.45) is 10.4. The van der Waals surface area contributed by atoms with E-state index in [4.69, 9.17) is 0 Å². The molecule has 0 aliphatic carbocycles. The Hall–Kier alpha value is -0.144. The predicted molar refractivity (Wildman–Crippen MR) is 105 cm³/mol. The average Bonchev–Trinajstić information content (AvgIpc) is 2.56. The molecule has 1 aromatic carbocycles. The van der Waals surface area contributed by atoms with Crippen molar-refractivity contribution >= 4 is 26.6 Å². The van der Waals surface area contributed by atoms with Crippen LogP contribution in [0.25, 0.3) is 6.08 Å². The fraction of sp³-hybridized carbons (Fsp3) is 0.619. The Balaban J connectivity index is 2.89. The van der Waals surface area contributed by atoms with Gasteiger partial charge in [-0.1, -0.05) is 0 Å². The molecular formula is C21H36Po. The second kappa shape index (κ2) is 11.4. The van der Waals surface area contributed by atoms with Gasteiger partial charge in [-0.05, 0) is 0 Å². The van der Waals surface area contributed by atoms with Crippen LogP contribution < -0.4 is 0 Å². The molecule has 0 spiro atoms. The van der Waals surface area contributed by atoms with E-state index in [1.165, 1.54) is 48.2 Å². The maximum absolute atomic E-state index is 3.87. The molecule has 0 amide bonds. The number of unbranched alkanes of at least 4 members (excludes halogenated alkanes) is 3. The molecule has 1 rings (SSSR count). The molecule has 0 aliphatic rings. The molecule has 0 saturated heterocycles. The van der Waals surface area contributed by atoms with Crippen LogP contribution in [0, 0.1) is 0 Å². The molecule has 0 heterocycles. The van der Waals surface area contributed by atoms with Gasteiger partial charge in [0, 0.05) is 0 Å². The van der Waals surface area contributed by atoms with E-state index < -0.39 is 20.6 Å². The fourth-order valence-corrected chi connectivity index (χ4v) is 21.0. The zero-order valence-electron chi connectivity index (χ0n) is 15.1. The standard InChI is InChI=1S/C9H9.3C4H9.Po/c1-3-9-6-4-8(2)5-7-9;3*1-3-4-2;/h3-7H,1-2H2;3*1,3-4H2,2H3;. The number of hydrogen-bond donors (Lipinski definition) is 0. The van der Waals surface area contributed by atoms with Crippen LogP contribution >= 0.6 is 0 Å². The third-order valence-electron chi connectivity index (χ3n) is 4.48. The van der Waals surface area contributed by atoms with Crippen LogP contribution in [0.1, 0.15) is 70.4 Å². The summed E-state index contributed by atoms with van der Waals surface area (Å²) in [6.45, 7) is 10.9. The molecule has 0 aliphatic heterocycles. The van der Waals surface area contributed by atoms with Crippen LogP contribution in [-0.4, -0.2) is 20.6 Å². The van der Waals surface area contributed by atoms with Gasteiger partial charge >= 0.3 is 144 Å². The van der Waals surface area contributed by atoms with E-state index in [0.29, 0.717) is 0 Å². The van der Waals surface area contributed by atoms with Crippen molar-refractivity contribution in [3.63, 3.8) is 0 Å². The first-order valence-electron chi connectivity index (χ1n) is 9.15. The Morgan fingerprint density at radius 2 is 1.27 bits per heavy atom. The molecule has 1 heteroatoms. The van der Waals surface area contributed by atoms with E-state index in [1.54, 1.807) is 17.8 Å². The van der Waals surface area contributed by atoms with Crippen molar-refractivity contribution in [1.29, 1.82) is 0 Å². The average molecular weight is 498 g/mol. The number of hydrogen-bond acceptors (Lipinski definition) is 0. The van der Waals surface area contributed by atoms with E-state index in [9.17, 15) is 0 Å². The van der Waals surface area contributed by atoms with Crippen molar-refractivity contribution in [3.05, 3.63) is 42.0 Å². The normalized spacial score (nSPS) is 12.3. The predicted octanol–water partition coefficient (Wildman–Crippen LogP) is 7.26. The number of benzene rings is 1. The molecule has 0 saturated carbocycles. The fourth-order valence-electron chi connectivity index (χ4n) is 2.98. The second-order valence-corrected chi connectivity index (χ2v) is 21.9. The maximum atomic E-state index is 3.87. The zero-order valence-corrected chi connectivity index (χ0v) is 18.2. The van der Waals surface area contributed by atoms with Gasteiger partial charge in [-0.3, -0.25) is 0 Å². The molecule has 22 heavy (non-hydrogen) atoms. The molecule has 0 nitrogen and oxygen atoms in total. The molecule has 126 valence electrons. The van der Waals surface area contributed by atoms with Gasteiger partial charge in [-0.15, -0.1) is 0 Å². The minimum absolute atomic E-state index is 1.25. The first-order chi connectivity index (χ1) is 10.7. The molecular weight excluding hydrogens is 461 g/mol. The molecule has 0 fully saturated rings. The molecule has 0 radical (unpaired) electrons. The first-order valence-corrected chi connectivity index (χ1v) is 18.1. The minimum atomic E-state index is -1.99. The van der Waals surface area contributed by atoms with Crippen molar-refractivity contribution < 1.29 is 0 Å². The molecule has 1 aromatic rings. The summed E-state index contributed by atoms with van der Waals surface area (Å²) in [5.41, 5.74) is 2.85. The van der Waals surface area contributed by atoms with Crippen molar-refractivity contribution in [2.75, 3.05) is 0 Å². The molecule has 0 bridgehead atoms. The van der Waals surface area contributed by atoms with Crippen LogP contribution in [0.15, 0.2) is 30.8 Å². The molecule has 0 aromatic heterocycles. The summed E-state index contributed by atoms with van der Waals surface area (Å²) in [4.78, 5) is 0. The van der Waals surface area contributed by atoms with Gasteiger partial charge in [0.2, 0.25) is 0 Å².